The number of hydrogen-bond donors (Lipinski definition) is 1. The number of amides is 2. The summed E-state index contributed by atoms with van der Waals surface area (Å²) >= 11 is 12.4. The van der Waals surface area contributed by atoms with Gasteiger partial charge >= 0.3 is 0 Å². The number of carbonyl (C=O) groups excluding carboxylic acids is 2. The maximum Gasteiger partial charge on any atom is 0.228 e. The zero-order valence-corrected chi connectivity index (χ0v) is 22.4. The molecule has 2 amide bonds. The Morgan fingerprint density at radius 1 is 1.17 bits per heavy atom. The molecule has 5 nitrogen and oxygen atoms in total. The van der Waals surface area contributed by atoms with Crippen LogP contribution in [-0.4, -0.2) is 23.8 Å². The molecule has 3 fully saturated rings. The average Bonchev–Trinajstić information content (AvgIpc) is 3.15. The molecule has 0 radical (unpaired) electrons. The van der Waals surface area contributed by atoms with Crippen LogP contribution in [0.3, 0.4) is 0 Å². The number of nitrogens with one attached hydrogen (secondary N) is 1. The SMILES string of the molecule is CC1=C2N(C)C(=O)CC[C@]2(C)[C@@H]2CC[C@]3(C)C(C(=O)Nc4c(Cl)cc(Cl)cc4C#N)CC[C@H]3[C@@H]2C1. The average molecular weight is 514 g/mol. The minimum absolute atomic E-state index is 0.0237. The zero-order valence-electron chi connectivity index (χ0n) is 20.9. The van der Waals surface area contributed by atoms with Crippen LogP contribution < -0.4 is 5.32 Å². The quantitative estimate of drug-likeness (QED) is 0.472. The van der Waals surface area contributed by atoms with Crippen LogP contribution in [0.5, 0.6) is 0 Å². The maximum absolute atomic E-state index is 13.6. The van der Waals surface area contributed by atoms with Crippen LogP contribution in [0.4, 0.5) is 5.69 Å². The molecule has 1 heterocycles. The number of nitriles is 1. The number of rotatable bonds is 2. The minimum atomic E-state index is -0.124. The predicted octanol–water partition coefficient (Wildman–Crippen LogP) is 6.80. The van der Waals surface area contributed by atoms with Crippen LogP contribution in [0.2, 0.25) is 10.0 Å². The van der Waals surface area contributed by atoms with E-state index in [0.29, 0.717) is 34.9 Å². The molecule has 7 heteroatoms. The Morgan fingerprint density at radius 2 is 1.91 bits per heavy atom. The third kappa shape index (κ3) is 3.63. The monoisotopic (exact) mass is 513 g/mol. The Morgan fingerprint density at radius 3 is 2.63 bits per heavy atom. The topological polar surface area (TPSA) is 73.2 Å². The molecule has 0 bridgehead atoms. The minimum Gasteiger partial charge on any atom is -0.323 e. The number of halogens is 2. The van der Waals surface area contributed by atoms with E-state index >= 15 is 0 Å². The third-order valence-corrected chi connectivity index (χ3v) is 10.6. The molecular formula is C28H33Cl2N3O2. The fraction of sp³-hybridized carbons (Fsp3) is 0.607. The largest absolute Gasteiger partial charge is 0.323 e. The highest BCUT2D eigenvalue weighted by atomic mass is 35.5. The summed E-state index contributed by atoms with van der Waals surface area (Å²) in [6.07, 6.45) is 6.48. The third-order valence-electron chi connectivity index (χ3n) is 10.1. The highest BCUT2D eigenvalue weighted by molar-refractivity contribution is 6.37. The van der Waals surface area contributed by atoms with Gasteiger partial charge in [0.15, 0.2) is 0 Å². The van der Waals surface area contributed by atoms with Gasteiger partial charge in [-0.15, -0.1) is 0 Å². The Kier molecular flexibility index (Phi) is 6.01. The number of hydrogen-bond acceptors (Lipinski definition) is 3. The molecule has 0 spiro atoms. The van der Waals surface area contributed by atoms with E-state index < -0.39 is 0 Å². The summed E-state index contributed by atoms with van der Waals surface area (Å²) in [4.78, 5) is 28.0. The summed E-state index contributed by atoms with van der Waals surface area (Å²) in [5, 5.41) is 13.2. The van der Waals surface area contributed by atoms with Crippen molar-refractivity contribution in [2.24, 2.45) is 34.5 Å². The molecule has 6 atom stereocenters. The van der Waals surface area contributed by atoms with Crippen LogP contribution in [0.1, 0.15) is 71.3 Å². The predicted molar refractivity (Wildman–Crippen MR) is 138 cm³/mol. The molecule has 3 aliphatic carbocycles. The fourth-order valence-corrected chi connectivity index (χ4v) is 9.08. The molecular weight excluding hydrogens is 481 g/mol. The van der Waals surface area contributed by atoms with Gasteiger partial charge in [-0.25, -0.2) is 0 Å². The van der Waals surface area contributed by atoms with E-state index in [4.69, 9.17) is 23.2 Å². The first-order chi connectivity index (χ1) is 16.5. The lowest BCUT2D eigenvalue weighted by molar-refractivity contribution is -0.137. The summed E-state index contributed by atoms with van der Waals surface area (Å²) in [7, 11) is 1.94. The Bertz CT molecular complexity index is 1190. The molecule has 1 aliphatic heterocycles. The van der Waals surface area contributed by atoms with E-state index in [1.54, 1.807) is 6.07 Å². The molecule has 1 N–H and O–H groups in total. The highest BCUT2D eigenvalue weighted by Gasteiger charge is 2.61. The van der Waals surface area contributed by atoms with Crippen molar-refractivity contribution in [1.82, 2.24) is 4.90 Å². The lowest BCUT2D eigenvalue weighted by atomic mass is 9.48. The van der Waals surface area contributed by atoms with Crippen molar-refractivity contribution in [2.45, 2.75) is 65.7 Å². The number of likely N-dealkylation sites (tertiary alicyclic amines) is 1. The number of benzene rings is 1. The van der Waals surface area contributed by atoms with Crippen LogP contribution in [0, 0.1) is 45.8 Å². The van der Waals surface area contributed by atoms with Gasteiger partial charge in [-0.3, -0.25) is 9.59 Å². The van der Waals surface area contributed by atoms with Crippen molar-refractivity contribution in [3.63, 3.8) is 0 Å². The van der Waals surface area contributed by atoms with Crippen LogP contribution in [0.25, 0.3) is 0 Å². The second kappa shape index (κ2) is 8.53. The molecule has 1 saturated heterocycles. The van der Waals surface area contributed by atoms with Crippen LogP contribution in [-0.2, 0) is 9.59 Å². The number of carbonyl (C=O) groups is 2. The van der Waals surface area contributed by atoms with Gasteiger partial charge in [0.05, 0.1) is 16.3 Å². The van der Waals surface area contributed by atoms with Crippen molar-refractivity contribution < 1.29 is 9.59 Å². The van der Waals surface area contributed by atoms with Gasteiger partial charge in [0.1, 0.15) is 6.07 Å². The van der Waals surface area contributed by atoms with Gasteiger partial charge in [-0.05, 0) is 80.8 Å². The first-order valence-electron chi connectivity index (χ1n) is 12.7. The number of allylic oxidation sites excluding steroid dienone is 2. The molecule has 5 rings (SSSR count). The lowest BCUT2D eigenvalue weighted by Gasteiger charge is -2.59. The molecule has 1 unspecified atom stereocenters. The normalized spacial score (nSPS) is 36.3. The fourth-order valence-electron chi connectivity index (χ4n) is 8.54. The number of fused-ring (bicyclic) bond motifs is 5. The Labute approximate surface area is 217 Å². The summed E-state index contributed by atoms with van der Waals surface area (Å²) in [6, 6.07) is 5.20. The lowest BCUT2D eigenvalue weighted by Crippen LogP contribution is -2.54. The number of nitrogens with zero attached hydrogens (tertiary/aromatic N) is 2. The van der Waals surface area contributed by atoms with Crippen molar-refractivity contribution in [3.8, 4) is 6.07 Å². The van der Waals surface area contributed by atoms with Crippen LogP contribution >= 0.6 is 23.2 Å². The molecule has 4 aliphatic rings. The van der Waals surface area contributed by atoms with E-state index in [1.807, 2.05) is 11.9 Å². The highest BCUT2D eigenvalue weighted by Crippen LogP contribution is 2.67. The Hall–Kier alpha value is -2.03. The second-order valence-corrected chi connectivity index (χ2v) is 12.5. The van der Waals surface area contributed by atoms with E-state index in [2.05, 4.69) is 32.2 Å². The summed E-state index contributed by atoms with van der Waals surface area (Å²) in [6.45, 7) is 6.88. The molecule has 2 saturated carbocycles. The van der Waals surface area contributed by atoms with E-state index in [0.717, 1.165) is 38.5 Å². The molecule has 186 valence electrons. The van der Waals surface area contributed by atoms with Gasteiger partial charge in [0, 0.05) is 35.5 Å². The van der Waals surface area contributed by atoms with Gasteiger partial charge < -0.3 is 10.2 Å². The first kappa shape index (κ1) is 24.7. The van der Waals surface area contributed by atoms with Crippen LogP contribution in [0.15, 0.2) is 23.4 Å². The second-order valence-electron chi connectivity index (χ2n) is 11.7. The first-order valence-corrected chi connectivity index (χ1v) is 13.4. The smallest absolute Gasteiger partial charge is 0.228 e. The molecule has 35 heavy (non-hydrogen) atoms. The summed E-state index contributed by atoms with van der Waals surface area (Å²) < 4.78 is 0. The van der Waals surface area contributed by atoms with Crippen molar-refractivity contribution in [3.05, 3.63) is 39.0 Å². The molecule has 0 aromatic heterocycles. The zero-order chi connectivity index (χ0) is 25.3. The van der Waals surface area contributed by atoms with E-state index in [9.17, 15) is 14.9 Å². The van der Waals surface area contributed by atoms with Gasteiger partial charge in [-0.2, -0.15) is 5.26 Å². The van der Waals surface area contributed by atoms with Crippen molar-refractivity contribution in [1.29, 1.82) is 5.26 Å². The standard InChI is InChI=1S/C28H33Cl2N3O2/c1-15-11-18-19-5-6-21(26(35)32-24-16(14-31)12-17(29)13-22(24)30)27(19,2)9-7-20(18)28(3)10-8-23(34)33(4)25(15)28/h12-13,18-21H,5-11H2,1-4H3,(H,32,35)/t18-,19-,20+,21?,27-,28+/m0/s1. The van der Waals surface area contributed by atoms with Crippen molar-refractivity contribution in [2.75, 3.05) is 12.4 Å². The van der Waals surface area contributed by atoms with Gasteiger partial charge in [0.25, 0.3) is 0 Å². The summed E-state index contributed by atoms with van der Waals surface area (Å²) in [5.41, 5.74) is 3.16. The summed E-state index contributed by atoms with van der Waals surface area (Å²) in [5.74, 6) is 1.58. The van der Waals surface area contributed by atoms with Gasteiger partial charge in [-0.1, -0.05) is 42.6 Å². The maximum atomic E-state index is 13.6. The van der Waals surface area contributed by atoms with Gasteiger partial charge in [0.2, 0.25) is 11.8 Å². The number of anilines is 1. The molecule has 1 aromatic rings. The molecule has 1 aromatic carbocycles. The Balaban J connectivity index is 1.43. The van der Waals surface area contributed by atoms with E-state index in [1.165, 1.54) is 17.3 Å². The number of piperidine rings is 1. The van der Waals surface area contributed by atoms with E-state index in [-0.39, 0.29) is 39.1 Å². The van der Waals surface area contributed by atoms with Crippen molar-refractivity contribution >= 4 is 40.7 Å².